The molecule has 0 atom stereocenters. The van der Waals surface area contributed by atoms with Gasteiger partial charge in [-0.05, 0) is 50.6 Å². The van der Waals surface area contributed by atoms with Gasteiger partial charge in [0.15, 0.2) is 0 Å². The minimum atomic E-state index is 0.658. The van der Waals surface area contributed by atoms with Crippen molar-refractivity contribution in [2.24, 2.45) is 5.92 Å². The molecule has 1 aliphatic carbocycles. The number of rotatable bonds is 6. The predicted octanol–water partition coefficient (Wildman–Crippen LogP) is 3.60. The van der Waals surface area contributed by atoms with Crippen molar-refractivity contribution in [2.75, 3.05) is 18.5 Å². The Hall–Kier alpha value is -1.09. The largest absolute Gasteiger partial charge is 0.356 e. The van der Waals surface area contributed by atoms with Crippen molar-refractivity contribution < 1.29 is 0 Å². The normalized spacial score (nSPS) is 22.8. The van der Waals surface area contributed by atoms with Crippen molar-refractivity contribution in [3.05, 3.63) is 23.9 Å². The van der Waals surface area contributed by atoms with Crippen molar-refractivity contribution in [1.29, 1.82) is 0 Å². The molecule has 1 saturated carbocycles. The predicted molar refractivity (Wildman–Crippen MR) is 86.1 cm³/mol. The summed E-state index contributed by atoms with van der Waals surface area (Å²) < 4.78 is 0. The molecule has 1 heterocycles. The molecule has 1 N–H and O–H groups in total. The highest BCUT2D eigenvalue weighted by molar-refractivity contribution is 5.47. The molecule has 0 saturated heterocycles. The van der Waals surface area contributed by atoms with Crippen LogP contribution in [0.25, 0.3) is 0 Å². The molecule has 1 aromatic rings. The van der Waals surface area contributed by atoms with Crippen LogP contribution in [0.1, 0.15) is 51.5 Å². The first-order valence-electron chi connectivity index (χ1n) is 8.09. The highest BCUT2D eigenvalue weighted by atomic mass is 15.2. The Morgan fingerprint density at radius 1 is 1.30 bits per heavy atom. The average molecular weight is 275 g/mol. The first-order valence-corrected chi connectivity index (χ1v) is 8.09. The van der Waals surface area contributed by atoms with E-state index in [9.17, 15) is 0 Å². The lowest BCUT2D eigenvalue weighted by Crippen LogP contribution is -2.36. The molecule has 3 nitrogen and oxygen atoms in total. The van der Waals surface area contributed by atoms with Crippen molar-refractivity contribution >= 4 is 5.82 Å². The molecular formula is C17H29N3. The van der Waals surface area contributed by atoms with Gasteiger partial charge >= 0.3 is 0 Å². The summed E-state index contributed by atoms with van der Waals surface area (Å²) in [6.45, 7) is 6.56. The Balaban J connectivity index is 2.03. The first-order chi connectivity index (χ1) is 9.72. The molecule has 1 aliphatic rings. The van der Waals surface area contributed by atoms with Crippen LogP contribution in [0.3, 0.4) is 0 Å². The Kier molecular flexibility index (Phi) is 5.84. The zero-order valence-electron chi connectivity index (χ0n) is 13.2. The van der Waals surface area contributed by atoms with Gasteiger partial charge in [-0.1, -0.05) is 19.9 Å². The van der Waals surface area contributed by atoms with E-state index < -0.39 is 0 Å². The fraction of sp³-hybridized carbons (Fsp3) is 0.706. The van der Waals surface area contributed by atoms with Crippen LogP contribution in [0.5, 0.6) is 0 Å². The molecule has 2 rings (SSSR count). The maximum absolute atomic E-state index is 4.64. The Bertz CT molecular complexity index is 397. The summed E-state index contributed by atoms with van der Waals surface area (Å²) >= 11 is 0. The number of aromatic nitrogens is 1. The Labute approximate surface area is 123 Å². The summed E-state index contributed by atoms with van der Waals surface area (Å²) in [6.07, 6.45) is 8.40. The number of hydrogen-bond donors (Lipinski definition) is 1. The van der Waals surface area contributed by atoms with E-state index in [4.69, 9.17) is 0 Å². The molecule has 0 aromatic carbocycles. The monoisotopic (exact) mass is 275 g/mol. The second-order valence-corrected chi connectivity index (χ2v) is 6.19. The van der Waals surface area contributed by atoms with Crippen molar-refractivity contribution in [2.45, 2.75) is 58.5 Å². The summed E-state index contributed by atoms with van der Waals surface area (Å²) in [4.78, 5) is 7.05. The third-order valence-corrected chi connectivity index (χ3v) is 4.48. The van der Waals surface area contributed by atoms with Crippen LogP contribution in [-0.2, 0) is 6.54 Å². The van der Waals surface area contributed by atoms with Crippen molar-refractivity contribution in [3.63, 3.8) is 0 Å². The van der Waals surface area contributed by atoms with Crippen LogP contribution < -0.4 is 10.2 Å². The number of nitrogens with one attached hydrogen (secondary N) is 1. The number of anilines is 1. The molecular weight excluding hydrogens is 246 g/mol. The second-order valence-electron chi connectivity index (χ2n) is 6.19. The third-order valence-electron chi connectivity index (χ3n) is 4.48. The van der Waals surface area contributed by atoms with Gasteiger partial charge in [0, 0.05) is 31.4 Å². The van der Waals surface area contributed by atoms with E-state index in [2.05, 4.69) is 42.2 Å². The quantitative estimate of drug-likeness (QED) is 0.804. The molecule has 0 aliphatic heterocycles. The van der Waals surface area contributed by atoms with Crippen LogP contribution in [0.15, 0.2) is 18.3 Å². The van der Waals surface area contributed by atoms with Gasteiger partial charge in [-0.15, -0.1) is 0 Å². The topological polar surface area (TPSA) is 28.2 Å². The highest BCUT2D eigenvalue weighted by Crippen LogP contribution is 2.29. The van der Waals surface area contributed by atoms with E-state index in [1.165, 1.54) is 37.7 Å². The molecule has 0 spiro atoms. The molecule has 0 radical (unpaired) electrons. The summed E-state index contributed by atoms with van der Waals surface area (Å²) in [7, 11) is 2.21. The maximum Gasteiger partial charge on any atom is 0.132 e. The van der Waals surface area contributed by atoms with Crippen LogP contribution in [0, 0.1) is 5.92 Å². The van der Waals surface area contributed by atoms with Crippen LogP contribution in [0.4, 0.5) is 5.82 Å². The first kappa shape index (κ1) is 15.3. The van der Waals surface area contributed by atoms with Gasteiger partial charge in [-0.2, -0.15) is 0 Å². The SMILES string of the molecule is CCCNCc1cccnc1N(C)C1CCC(C)CC1. The van der Waals surface area contributed by atoms with Crippen molar-refractivity contribution in [1.82, 2.24) is 10.3 Å². The Morgan fingerprint density at radius 2 is 2.05 bits per heavy atom. The van der Waals surface area contributed by atoms with E-state index in [-0.39, 0.29) is 0 Å². The standard InChI is InChI=1S/C17H29N3/c1-4-11-18-13-15-6-5-12-19-17(15)20(3)16-9-7-14(2)8-10-16/h5-6,12,14,16,18H,4,7-11,13H2,1-3H3. The molecule has 1 aromatic heterocycles. The lowest BCUT2D eigenvalue weighted by atomic mass is 9.86. The van der Waals surface area contributed by atoms with E-state index >= 15 is 0 Å². The Morgan fingerprint density at radius 3 is 2.75 bits per heavy atom. The minimum Gasteiger partial charge on any atom is -0.356 e. The molecule has 0 bridgehead atoms. The number of hydrogen-bond acceptors (Lipinski definition) is 3. The fourth-order valence-corrected chi connectivity index (χ4v) is 3.09. The van der Waals surface area contributed by atoms with E-state index in [0.717, 1.165) is 24.8 Å². The summed E-state index contributed by atoms with van der Waals surface area (Å²) in [5, 5.41) is 3.49. The zero-order chi connectivity index (χ0) is 14.4. The zero-order valence-corrected chi connectivity index (χ0v) is 13.2. The molecule has 0 amide bonds. The number of pyridine rings is 1. The van der Waals surface area contributed by atoms with Gasteiger partial charge in [-0.25, -0.2) is 4.98 Å². The average Bonchev–Trinajstić information content (AvgIpc) is 2.48. The molecule has 3 heteroatoms. The summed E-state index contributed by atoms with van der Waals surface area (Å²) in [5.41, 5.74) is 1.32. The van der Waals surface area contributed by atoms with E-state index in [1.54, 1.807) is 0 Å². The van der Waals surface area contributed by atoms with Crippen LogP contribution in [0.2, 0.25) is 0 Å². The second kappa shape index (κ2) is 7.63. The molecule has 0 unspecified atom stereocenters. The summed E-state index contributed by atoms with van der Waals surface area (Å²) in [6, 6.07) is 4.90. The van der Waals surface area contributed by atoms with E-state index in [1.807, 2.05) is 12.3 Å². The van der Waals surface area contributed by atoms with Crippen LogP contribution in [-0.4, -0.2) is 24.6 Å². The van der Waals surface area contributed by atoms with Gasteiger partial charge in [0.2, 0.25) is 0 Å². The van der Waals surface area contributed by atoms with Gasteiger partial charge in [0.05, 0.1) is 0 Å². The number of nitrogens with zero attached hydrogens (tertiary/aromatic N) is 2. The highest BCUT2D eigenvalue weighted by Gasteiger charge is 2.23. The van der Waals surface area contributed by atoms with Gasteiger partial charge in [0.25, 0.3) is 0 Å². The maximum atomic E-state index is 4.64. The third kappa shape index (κ3) is 3.95. The smallest absolute Gasteiger partial charge is 0.132 e. The van der Waals surface area contributed by atoms with Crippen molar-refractivity contribution in [3.8, 4) is 0 Å². The summed E-state index contributed by atoms with van der Waals surface area (Å²) in [5.74, 6) is 2.06. The molecule has 20 heavy (non-hydrogen) atoms. The van der Waals surface area contributed by atoms with Gasteiger partial charge < -0.3 is 10.2 Å². The fourth-order valence-electron chi connectivity index (χ4n) is 3.09. The molecule has 112 valence electrons. The van der Waals surface area contributed by atoms with E-state index in [0.29, 0.717) is 6.04 Å². The minimum absolute atomic E-state index is 0.658. The molecule has 1 fully saturated rings. The van der Waals surface area contributed by atoms with Gasteiger partial charge in [0.1, 0.15) is 5.82 Å². The van der Waals surface area contributed by atoms with Gasteiger partial charge in [-0.3, -0.25) is 0 Å². The lowest BCUT2D eigenvalue weighted by Gasteiger charge is -2.35. The van der Waals surface area contributed by atoms with Crippen LogP contribution >= 0.6 is 0 Å². The lowest BCUT2D eigenvalue weighted by molar-refractivity contribution is 0.339.